The minimum absolute atomic E-state index is 0.0104. The van der Waals surface area contributed by atoms with Gasteiger partial charge in [-0.1, -0.05) is 29.3 Å². The molecular formula is C15H17Cl2NO5. The topological polar surface area (TPSA) is 92.7 Å². The van der Waals surface area contributed by atoms with E-state index >= 15 is 0 Å². The lowest BCUT2D eigenvalue weighted by Crippen LogP contribution is -2.42. The number of carboxylic acids is 1. The van der Waals surface area contributed by atoms with Crippen LogP contribution in [0.15, 0.2) is 18.2 Å². The van der Waals surface area contributed by atoms with Crippen LogP contribution in [0.4, 0.5) is 0 Å². The molecule has 0 radical (unpaired) electrons. The van der Waals surface area contributed by atoms with Crippen molar-refractivity contribution in [2.45, 2.75) is 32.2 Å². The Hall–Kier alpha value is -1.79. The van der Waals surface area contributed by atoms with Gasteiger partial charge in [0.25, 0.3) is 0 Å². The van der Waals surface area contributed by atoms with Crippen molar-refractivity contribution in [2.75, 3.05) is 6.61 Å². The molecule has 0 unspecified atom stereocenters. The third-order valence-electron chi connectivity index (χ3n) is 2.93. The van der Waals surface area contributed by atoms with Crippen LogP contribution in [0.2, 0.25) is 10.0 Å². The maximum atomic E-state index is 11.8. The number of aliphatic carboxylic acids is 1. The molecule has 0 saturated carbocycles. The van der Waals surface area contributed by atoms with Crippen LogP contribution >= 0.6 is 23.2 Å². The Morgan fingerprint density at radius 3 is 2.52 bits per heavy atom. The molecule has 0 saturated heterocycles. The molecule has 1 amide bonds. The first-order chi connectivity index (χ1) is 10.8. The van der Waals surface area contributed by atoms with E-state index in [9.17, 15) is 19.5 Å². The Morgan fingerprint density at radius 2 is 1.96 bits per heavy atom. The second kappa shape index (κ2) is 9.37. The average molecular weight is 362 g/mol. The maximum Gasteiger partial charge on any atom is 0.326 e. The van der Waals surface area contributed by atoms with Gasteiger partial charge in [0.15, 0.2) is 0 Å². The maximum absolute atomic E-state index is 11.8. The number of nitrogens with one attached hydrogen (secondary N) is 1. The Bertz CT molecular complexity index is 591. The van der Waals surface area contributed by atoms with Gasteiger partial charge < -0.3 is 15.2 Å². The lowest BCUT2D eigenvalue weighted by molar-refractivity contribution is -0.144. The standard InChI is InChI=1S/C15H17Cl2NO5/c1-2-23-14(20)6-5-13(19)18-12(15(21)22)7-9-3-4-10(16)8-11(9)17/h3-4,8,12H,2,5-7H2,1H3,(H,18,19)(H,21,22)/t12-/m0/s1. The first-order valence-corrected chi connectivity index (χ1v) is 7.70. The van der Waals surface area contributed by atoms with Gasteiger partial charge in [0.2, 0.25) is 5.91 Å². The SMILES string of the molecule is CCOC(=O)CCC(=O)N[C@@H](Cc1ccc(Cl)cc1Cl)C(=O)O. The summed E-state index contributed by atoms with van der Waals surface area (Å²) in [4.78, 5) is 34.2. The van der Waals surface area contributed by atoms with E-state index in [2.05, 4.69) is 5.32 Å². The number of esters is 1. The van der Waals surface area contributed by atoms with E-state index in [-0.39, 0.29) is 25.9 Å². The van der Waals surface area contributed by atoms with E-state index in [1.54, 1.807) is 19.1 Å². The van der Waals surface area contributed by atoms with E-state index in [1.807, 2.05) is 0 Å². The molecule has 0 bridgehead atoms. The summed E-state index contributed by atoms with van der Waals surface area (Å²) in [5.41, 5.74) is 0.550. The van der Waals surface area contributed by atoms with E-state index in [0.717, 1.165) is 0 Å². The van der Waals surface area contributed by atoms with Crippen molar-refractivity contribution in [2.24, 2.45) is 0 Å². The summed E-state index contributed by atoms with van der Waals surface area (Å²) in [5, 5.41) is 12.3. The zero-order chi connectivity index (χ0) is 17.4. The molecule has 23 heavy (non-hydrogen) atoms. The summed E-state index contributed by atoms with van der Waals surface area (Å²) in [7, 11) is 0. The lowest BCUT2D eigenvalue weighted by Gasteiger charge is -2.15. The largest absolute Gasteiger partial charge is 0.480 e. The fraction of sp³-hybridized carbons (Fsp3) is 0.400. The molecule has 0 aliphatic carbocycles. The minimum Gasteiger partial charge on any atom is -0.480 e. The Labute approximate surface area is 143 Å². The number of carbonyl (C=O) groups is 3. The van der Waals surface area contributed by atoms with Gasteiger partial charge in [0, 0.05) is 22.9 Å². The van der Waals surface area contributed by atoms with E-state index in [1.165, 1.54) is 6.07 Å². The van der Waals surface area contributed by atoms with Gasteiger partial charge in [-0.3, -0.25) is 9.59 Å². The highest BCUT2D eigenvalue weighted by Gasteiger charge is 2.22. The van der Waals surface area contributed by atoms with Crippen LogP contribution in [0.3, 0.4) is 0 Å². The monoisotopic (exact) mass is 361 g/mol. The highest BCUT2D eigenvalue weighted by molar-refractivity contribution is 6.35. The molecule has 1 atom stereocenters. The fourth-order valence-corrected chi connectivity index (χ4v) is 2.31. The summed E-state index contributed by atoms with van der Waals surface area (Å²) in [6, 6.07) is 3.54. The lowest BCUT2D eigenvalue weighted by atomic mass is 10.1. The number of carboxylic acid groups (broad SMARTS) is 1. The summed E-state index contributed by atoms with van der Waals surface area (Å²) in [5.74, 6) is -2.24. The van der Waals surface area contributed by atoms with Gasteiger partial charge in [-0.2, -0.15) is 0 Å². The summed E-state index contributed by atoms with van der Waals surface area (Å²) in [6.45, 7) is 1.89. The highest BCUT2D eigenvalue weighted by Crippen LogP contribution is 2.22. The molecular weight excluding hydrogens is 345 g/mol. The molecule has 8 heteroatoms. The molecule has 0 spiro atoms. The quantitative estimate of drug-likeness (QED) is 0.693. The van der Waals surface area contributed by atoms with Gasteiger partial charge in [-0.25, -0.2) is 4.79 Å². The molecule has 0 heterocycles. The number of rotatable bonds is 8. The van der Waals surface area contributed by atoms with Crippen molar-refractivity contribution >= 4 is 41.0 Å². The normalized spacial score (nSPS) is 11.6. The van der Waals surface area contributed by atoms with Gasteiger partial charge in [0.1, 0.15) is 6.04 Å². The third-order valence-corrected chi connectivity index (χ3v) is 3.52. The van der Waals surface area contributed by atoms with Gasteiger partial charge in [-0.05, 0) is 24.6 Å². The second-order valence-electron chi connectivity index (χ2n) is 4.70. The molecule has 1 rings (SSSR count). The molecule has 2 N–H and O–H groups in total. The van der Waals surface area contributed by atoms with Gasteiger partial charge in [-0.15, -0.1) is 0 Å². The molecule has 0 aliphatic heterocycles. The summed E-state index contributed by atoms with van der Waals surface area (Å²) in [6.07, 6.45) is -0.235. The van der Waals surface area contributed by atoms with Gasteiger partial charge in [0.05, 0.1) is 13.0 Å². The van der Waals surface area contributed by atoms with Crippen LogP contribution in [0, 0.1) is 0 Å². The van der Waals surface area contributed by atoms with Crippen LogP contribution in [-0.4, -0.2) is 35.6 Å². The molecule has 0 fully saturated rings. The number of ether oxygens (including phenoxy) is 1. The average Bonchev–Trinajstić information content (AvgIpc) is 2.47. The highest BCUT2D eigenvalue weighted by atomic mass is 35.5. The predicted molar refractivity (Wildman–Crippen MR) is 85.6 cm³/mol. The molecule has 6 nitrogen and oxygen atoms in total. The van der Waals surface area contributed by atoms with Crippen LogP contribution in [0.1, 0.15) is 25.3 Å². The smallest absolute Gasteiger partial charge is 0.326 e. The third kappa shape index (κ3) is 6.88. The number of hydrogen-bond acceptors (Lipinski definition) is 4. The molecule has 1 aromatic carbocycles. The van der Waals surface area contributed by atoms with Crippen molar-refractivity contribution in [1.82, 2.24) is 5.32 Å². The molecule has 1 aromatic rings. The van der Waals surface area contributed by atoms with E-state index in [0.29, 0.717) is 15.6 Å². The number of hydrogen-bond donors (Lipinski definition) is 2. The van der Waals surface area contributed by atoms with Crippen LogP contribution in [0.5, 0.6) is 0 Å². The van der Waals surface area contributed by atoms with Crippen LogP contribution in [0.25, 0.3) is 0 Å². The molecule has 0 aliphatic rings. The Kier molecular flexibility index (Phi) is 7.85. The van der Waals surface area contributed by atoms with Crippen molar-refractivity contribution in [3.05, 3.63) is 33.8 Å². The van der Waals surface area contributed by atoms with Crippen molar-refractivity contribution in [3.63, 3.8) is 0 Å². The predicted octanol–water partition coefficient (Wildman–Crippen LogP) is 2.45. The van der Waals surface area contributed by atoms with Crippen molar-refractivity contribution in [1.29, 1.82) is 0 Å². The summed E-state index contributed by atoms with van der Waals surface area (Å²) < 4.78 is 4.70. The number of benzene rings is 1. The van der Waals surface area contributed by atoms with Crippen LogP contribution < -0.4 is 5.32 Å². The van der Waals surface area contributed by atoms with E-state index in [4.69, 9.17) is 27.9 Å². The zero-order valence-electron chi connectivity index (χ0n) is 12.5. The first kappa shape index (κ1) is 19.3. The second-order valence-corrected chi connectivity index (χ2v) is 5.55. The summed E-state index contributed by atoms with van der Waals surface area (Å²) >= 11 is 11.8. The number of amides is 1. The molecule has 0 aromatic heterocycles. The Balaban J connectivity index is 2.63. The number of halogens is 2. The van der Waals surface area contributed by atoms with Crippen molar-refractivity contribution in [3.8, 4) is 0 Å². The minimum atomic E-state index is -1.19. The molecule has 126 valence electrons. The zero-order valence-corrected chi connectivity index (χ0v) is 14.0. The van der Waals surface area contributed by atoms with Gasteiger partial charge >= 0.3 is 11.9 Å². The Morgan fingerprint density at radius 1 is 1.26 bits per heavy atom. The first-order valence-electron chi connectivity index (χ1n) is 6.95. The number of carbonyl (C=O) groups excluding carboxylic acids is 2. The van der Waals surface area contributed by atoms with E-state index < -0.39 is 23.9 Å². The van der Waals surface area contributed by atoms with Crippen molar-refractivity contribution < 1.29 is 24.2 Å². The van der Waals surface area contributed by atoms with Crippen LogP contribution in [-0.2, 0) is 25.5 Å². The fourth-order valence-electron chi connectivity index (χ4n) is 1.82.